The quantitative estimate of drug-likeness (QED) is 0.865. The second-order valence-corrected chi connectivity index (χ2v) is 7.34. The maximum absolute atomic E-state index is 13.8. The van der Waals surface area contributed by atoms with Crippen LogP contribution in [0.4, 0.5) is 14.9 Å². The van der Waals surface area contributed by atoms with Crippen LogP contribution >= 0.6 is 0 Å². The van der Waals surface area contributed by atoms with Crippen LogP contribution in [-0.2, 0) is 11.3 Å². The number of para-hydroxylation sites is 2. The number of nitrogens with zero attached hydrogens (tertiary/aromatic N) is 2. The fraction of sp³-hybridized carbons (Fsp3) is 0.364. The first-order valence-corrected chi connectivity index (χ1v) is 9.93. The lowest BCUT2D eigenvalue weighted by Crippen LogP contribution is -2.52. The van der Waals surface area contributed by atoms with Crippen LogP contribution in [0.2, 0.25) is 0 Å². The number of carbonyl (C=O) groups excluding carboxylic acids is 2. The summed E-state index contributed by atoms with van der Waals surface area (Å²) in [5.74, 6) is -0.0774. The van der Waals surface area contributed by atoms with E-state index in [1.807, 2.05) is 24.3 Å². The molecule has 0 saturated carbocycles. The number of benzene rings is 2. The summed E-state index contributed by atoms with van der Waals surface area (Å²) in [5.41, 5.74) is 1.21. The van der Waals surface area contributed by atoms with Crippen LogP contribution in [0.5, 0.6) is 5.75 Å². The molecule has 7 heteroatoms. The Morgan fingerprint density at radius 1 is 1.10 bits per heavy atom. The number of amides is 3. The topological polar surface area (TPSA) is 61.9 Å². The first-order valence-electron chi connectivity index (χ1n) is 9.93. The van der Waals surface area contributed by atoms with E-state index in [-0.39, 0.29) is 30.2 Å². The number of ether oxygens (including phenoxy) is 1. The minimum absolute atomic E-state index is 0.104. The van der Waals surface area contributed by atoms with Crippen LogP contribution in [0.3, 0.4) is 0 Å². The molecule has 0 bridgehead atoms. The molecule has 1 saturated heterocycles. The van der Waals surface area contributed by atoms with Gasteiger partial charge in [-0.25, -0.2) is 9.18 Å². The van der Waals surface area contributed by atoms with Crippen molar-refractivity contribution in [3.8, 4) is 5.75 Å². The maximum atomic E-state index is 13.8. The molecule has 1 N–H and O–H groups in total. The minimum atomic E-state index is -0.334. The molecule has 0 unspecified atom stereocenters. The van der Waals surface area contributed by atoms with E-state index in [4.69, 9.17) is 4.74 Å². The Morgan fingerprint density at radius 3 is 2.76 bits per heavy atom. The van der Waals surface area contributed by atoms with Crippen LogP contribution in [0, 0.1) is 11.7 Å². The molecule has 152 valence electrons. The average Bonchev–Trinajstić information content (AvgIpc) is 2.77. The molecule has 2 aromatic carbocycles. The Balaban J connectivity index is 1.39. The summed E-state index contributed by atoms with van der Waals surface area (Å²) < 4.78 is 19.4. The predicted octanol–water partition coefficient (Wildman–Crippen LogP) is 3.17. The third-order valence-electron chi connectivity index (χ3n) is 5.43. The van der Waals surface area contributed by atoms with Crippen molar-refractivity contribution in [2.75, 3.05) is 31.1 Å². The van der Waals surface area contributed by atoms with Gasteiger partial charge < -0.3 is 15.0 Å². The lowest BCUT2D eigenvalue weighted by molar-refractivity contribution is -0.126. The summed E-state index contributed by atoms with van der Waals surface area (Å²) in [6.07, 6.45) is 1.47. The molecular weight excluding hydrogens is 373 g/mol. The standard InChI is InChI=1S/C22H24FN3O3/c23-18-8-2-1-6-16(18)14-24-21(27)17-7-5-11-25(15-17)22(28)26-12-13-29-20-10-4-3-9-19(20)26/h1-4,6,8-10,17H,5,7,11-15H2,(H,24,27)/t17-/m0/s1. The summed E-state index contributed by atoms with van der Waals surface area (Å²) in [7, 11) is 0. The molecule has 2 aliphatic rings. The summed E-state index contributed by atoms with van der Waals surface area (Å²) in [6.45, 7) is 2.06. The van der Waals surface area contributed by atoms with E-state index in [0.29, 0.717) is 44.0 Å². The molecule has 1 fully saturated rings. The molecule has 0 spiro atoms. The SMILES string of the molecule is O=C(NCc1ccccc1F)[C@H]1CCCN(C(=O)N2CCOc3ccccc32)C1. The molecule has 3 amide bonds. The number of fused-ring (bicyclic) bond motifs is 1. The Hall–Kier alpha value is -3.09. The Bertz CT molecular complexity index is 904. The van der Waals surface area contributed by atoms with Gasteiger partial charge in [-0.3, -0.25) is 9.69 Å². The van der Waals surface area contributed by atoms with Gasteiger partial charge in [-0.2, -0.15) is 0 Å². The van der Waals surface area contributed by atoms with Crippen LogP contribution in [-0.4, -0.2) is 43.1 Å². The van der Waals surface area contributed by atoms with Crippen molar-refractivity contribution in [3.05, 3.63) is 59.9 Å². The van der Waals surface area contributed by atoms with Crippen molar-refractivity contribution in [3.63, 3.8) is 0 Å². The number of rotatable bonds is 3. The molecule has 4 rings (SSSR count). The fourth-order valence-corrected chi connectivity index (χ4v) is 3.87. The highest BCUT2D eigenvalue weighted by Gasteiger charge is 2.33. The fourth-order valence-electron chi connectivity index (χ4n) is 3.87. The number of urea groups is 1. The van der Waals surface area contributed by atoms with Gasteiger partial charge in [-0.1, -0.05) is 30.3 Å². The summed E-state index contributed by atoms with van der Waals surface area (Å²) in [5, 5.41) is 2.81. The van der Waals surface area contributed by atoms with Gasteiger partial charge in [0.15, 0.2) is 0 Å². The Morgan fingerprint density at radius 2 is 1.90 bits per heavy atom. The Kier molecular flexibility index (Phi) is 5.64. The van der Waals surface area contributed by atoms with E-state index in [1.54, 1.807) is 28.0 Å². The predicted molar refractivity (Wildman–Crippen MR) is 107 cm³/mol. The molecular formula is C22H24FN3O3. The number of carbonyl (C=O) groups is 2. The zero-order valence-electron chi connectivity index (χ0n) is 16.1. The van der Waals surface area contributed by atoms with E-state index in [0.717, 1.165) is 12.1 Å². The van der Waals surface area contributed by atoms with Crippen molar-refractivity contribution in [2.45, 2.75) is 19.4 Å². The van der Waals surface area contributed by atoms with Gasteiger partial charge in [0.05, 0.1) is 18.2 Å². The van der Waals surface area contributed by atoms with Gasteiger partial charge >= 0.3 is 6.03 Å². The van der Waals surface area contributed by atoms with Gasteiger partial charge in [0.2, 0.25) is 5.91 Å². The summed E-state index contributed by atoms with van der Waals surface area (Å²) in [4.78, 5) is 29.2. The van der Waals surface area contributed by atoms with Gasteiger partial charge in [0, 0.05) is 25.2 Å². The van der Waals surface area contributed by atoms with Crippen molar-refractivity contribution in [1.82, 2.24) is 10.2 Å². The van der Waals surface area contributed by atoms with Crippen LogP contribution in [0.1, 0.15) is 18.4 Å². The molecule has 0 radical (unpaired) electrons. The lowest BCUT2D eigenvalue weighted by Gasteiger charge is -2.37. The van der Waals surface area contributed by atoms with E-state index in [2.05, 4.69) is 5.32 Å². The zero-order valence-corrected chi connectivity index (χ0v) is 16.1. The zero-order chi connectivity index (χ0) is 20.2. The number of halogens is 1. The largest absolute Gasteiger partial charge is 0.490 e. The smallest absolute Gasteiger partial charge is 0.324 e. The number of anilines is 1. The first kappa shape index (κ1) is 19.2. The highest BCUT2D eigenvalue weighted by molar-refractivity contribution is 5.94. The maximum Gasteiger partial charge on any atom is 0.324 e. The lowest BCUT2D eigenvalue weighted by atomic mass is 9.97. The highest BCUT2D eigenvalue weighted by Crippen LogP contribution is 2.32. The normalized spacial score (nSPS) is 18.6. The summed E-state index contributed by atoms with van der Waals surface area (Å²) in [6, 6.07) is 13.8. The second kappa shape index (κ2) is 8.51. The van der Waals surface area contributed by atoms with Crippen molar-refractivity contribution in [1.29, 1.82) is 0 Å². The van der Waals surface area contributed by atoms with Crippen molar-refractivity contribution < 1.29 is 18.7 Å². The van der Waals surface area contributed by atoms with Crippen molar-refractivity contribution in [2.24, 2.45) is 5.92 Å². The van der Waals surface area contributed by atoms with Crippen LogP contribution in [0.25, 0.3) is 0 Å². The van der Waals surface area contributed by atoms with Gasteiger partial charge in [-0.05, 0) is 31.0 Å². The molecule has 1 atom stereocenters. The van der Waals surface area contributed by atoms with Gasteiger partial charge in [0.1, 0.15) is 18.2 Å². The monoisotopic (exact) mass is 397 g/mol. The molecule has 2 aliphatic heterocycles. The van der Waals surface area contributed by atoms with Crippen LogP contribution in [0.15, 0.2) is 48.5 Å². The number of hydrogen-bond acceptors (Lipinski definition) is 3. The summed E-state index contributed by atoms with van der Waals surface area (Å²) >= 11 is 0. The molecule has 0 aromatic heterocycles. The van der Waals surface area contributed by atoms with E-state index < -0.39 is 0 Å². The van der Waals surface area contributed by atoms with E-state index >= 15 is 0 Å². The average molecular weight is 397 g/mol. The van der Waals surface area contributed by atoms with Gasteiger partial charge in [0.25, 0.3) is 0 Å². The van der Waals surface area contributed by atoms with E-state index in [1.165, 1.54) is 6.07 Å². The van der Waals surface area contributed by atoms with Gasteiger partial charge in [-0.15, -0.1) is 0 Å². The minimum Gasteiger partial charge on any atom is -0.490 e. The second-order valence-electron chi connectivity index (χ2n) is 7.34. The molecule has 0 aliphatic carbocycles. The highest BCUT2D eigenvalue weighted by atomic mass is 19.1. The molecule has 2 heterocycles. The van der Waals surface area contributed by atoms with E-state index in [9.17, 15) is 14.0 Å². The number of nitrogens with one attached hydrogen (secondary N) is 1. The van der Waals surface area contributed by atoms with Crippen LogP contribution < -0.4 is 15.0 Å². The number of hydrogen-bond donors (Lipinski definition) is 1. The third kappa shape index (κ3) is 4.18. The van der Waals surface area contributed by atoms with Crippen molar-refractivity contribution >= 4 is 17.6 Å². The molecule has 29 heavy (non-hydrogen) atoms. The Labute approximate surface area is 169 Å². The third-order valence-corrected chi connectivity index (χ3v) is 5.43. The molecule has 2 aromatic rings. The number of likely N-dealkylation sites (tertiary alicyclic amines) is 1. The molecule has 6 nitrogen and oxygen atoms in total. The first-order chi connectivity index (χ1) is 14.1. The number of piperidine rings is 1.